The summed E-state index contributed by atoms with van der Waals surface area (Å²) in [7, 11) is 0. The lowest BCUT2D eigenvalue weighted by Crippen LogP contribution is -2.70. The third-order valence-electron chi connectivity index (χ3n) is 14.4. The van der Waals surface area contributed by atoms with Gasteiger partial charge in [-0.2, -0.15) is 0 Å². The van der Waals surface area contributed by atoms with Gasteiger partial charge in [0.2, 0.25) is 0 Å². The molecule has 0 heterocycles. The number of carbonyl (C=O) groups excluding carboxylic acids is 1. The first-order chi connectivity index (χ1) is 18.3. The molecular formula is C33H52O6. The van der Waals surface area contributed by atoms with Gasteiger partial charge in [-0.1, -0.05) is 46.1 Å². The van der Waals surface area contributed by atoms with E-state index in [1.807, 2.05) is 13.0 Å². The molecule has 11 unspecified atom stereocenters. The van der Waals surface area contributed by atoms with Crippen molar-refractivity contribution >= 4 is 5.78 Å². The van der Waals surface area contributed by atoms with Crippen LogP contribution >= 0.6 is 0 Å². The Kier molecular flexibility index (Phi) is 6.44. The minimum atomic E-state index is -1.03. The van der Waals surface area contributed by atoms with Gasteiger partial charge in [0.1, 0.15) is 0 Å². The molecule has 6 aliphatic carbocycles. The van der Waals surface area contributed by atoms with Gasteiger partial charge in [-0.25, -0.2) is 0 Å². The summed E-state index contributed by atoms with van der Waals surface area (Å²) in [5, 5.41) is 55.2. The second-order valence-electron chi connectivity index (χ2n) is 16.1. The van der Waals surface area contributed by atoms with Gasteiger partial charge < -0.3 is 25.5 Å². The highest BCUT2D eigenvalue weighted by atomic mass is 16.3. The maximum atomic E-state index is 14.7. The normalized spacial score (nSPS) is 53.3. The second-order valence-corrected chi connectivity index (χ2v) is 16.1. The summed E-state index contributed by atoms with van der Waals surface area (Å²) in [6, 6.07) is 0. The molecule has 5 fully saturated rings. The van der Waals surface area contributed by atoms with Crippen LogP contribution < -0.4 is 0 Å². The molecule has 11 atom stereocenters. The monoisotopic (exact) mass is 544 g/mol. The van der Waals surface area contributed by atoms with E-state index in [1.165, 1.54) is 5.57 Å². The van der Waals surface area contributed by atoms with E-state index in [2.05, 4.69) is 20.8 Å². The molecule has 2 bridgehead atoms. The molecule has 220 valence electrons. The van der Waals surface area contributed by atoms with Crippen molar-refractivity contribution in [2.45, 2.75) is 123 Å². The van der Waals surface area contributed by atoms with Crippen LogP contribution in [0, 0.1) is 50.2 Å². The molecule has 5 N–H and O–H groups in total. The van der Waals surface area contributed by atoms with Crippen LogP contribution in [0.5, 0.6) is 0 Å². The Hall–Kier alpha value is -0.790. The topological polar surface area (TPSA) is 118 Å². The molecule has 0 aromatic carbocycles. The Bertz CT molecular complexity index is 1050. The van der Waals surface area contributed by atoms with Gasteiger partial charge in [-0.15, -0.1) is 0 Å². The molecule has 5 saturated carbocycles. The predicted molar refractivity (Wildman–Crippen MR) is 148 cm³/mol. The average Bonchev–Trinajstić information content (AvgIpc) is 3.00. The van der Waals surface area contributed by atoms with E-state index in [0.717, 1.165) is 64.2 Å². The summed E-state index contributed by atoms with van der Waals surface area (Å²) in [4.78, 5) is 14.7. The highest BCUT2D eigenvalue weighted by Gasteiger charge is 2.74. The number of allylic oxidation sites excluding steroid dienone is 2. The molecule has 6 heteroatoms. The number of hydrogen-bond donors (Lipinski definition) is 5. The lowest BCUT2D eigenvalue weighted by molar-refractivity contribution is -0.244. The second kappa shape index (κ2) is 8.86. The third kappa shape index (κ3) is 3.36. The van der Waals surface area contributed by atoms with E-state index in [1.54, 1.807) is 0 Å². The van der Waals surface area contributed by atoms with Gasteiger partial charge in [0, 0.05) is 16.7 Å². The van der Waals surface area contributed by atoms with Gasteiger partial charge >= 0.3 is 0 Å². The minimum absolute atomic E-state index is 0.00847. The molecule has 39 heavy (non-hydrogen) atoms. The predicted octanol–water partition coefficient (Wildman–Crippen LogP) is 4.16. The molecule has 0 radical (unpaired) electrons. The number of carbonyl (C=O) groups is 1. The zero-order valence-corrected chi connectivity index (χ0v) is 24.6. The SMILES string of the molecule is CC1(C)CCC2(CO)C(O)CC3(C)C(=CC(=O)C4C56CCCCC43CCC5C(C)(C(O)CO)C(O)CC6)C2C1. The van der Waals surface area contributed by atoms with Crippen molar-refractivity contribution in [3.8, 4) is 0 Å². The lowest BCUT2D eigenvalue weighted by Gasteiger charge is -2.72. The first-order valence-electron chi connectivity index (χ1n) is 15.8. The molecule has 0 aromatic rings. The van der Waals surface area contributed by atoms with Crippen molar-refractivity contribution in [2.24, 2.45) is 50.2 Å². The molecule has 0 saturated heterocycles. The van der Waals surface area contributed by atoms with Crippen molar-refractivity contribution in [1.82, 2.24) is 0 Å². The molecule has 6 aliphatic rings. The lowest BCUT2D eigenvalue weighted by atomic mass is 9.31. The van der Waals surface area contributed by atoms with Crippen LogP contribution in [0.1, 0.15) is 105 Å². The fourth-order valence-electron chi connectivity index (χ4n) is 12.3. The Labute approximate surface area is 234 Å². The molecule has 0 amide bonds. The fourth-order valence-corrected chi connectivity index (χ4v) is 12.3. The average molecular weight is 545 g/mol. The van der Waals surface area contributed by atoms with Crippen molar-refractivity contribution in [3.63, 3.8) is 0 Å². The molecule has 6 rings (SSSR count). The maximum Gasteiger partial charge on any atom is 0.159 e. The van der Waals surface area contributed by atoms with Crippen LogP contribution in [-0.2, 0) is 4.79 Å². The van der Waals surface area contributed by atoms with Crippen molar-refractivity contribution in [2.75, 3.05) is 13.2 Å². The molecular weight excluding hydrogens is 492 g/mol. The van der Waals surface area contributed by atoms with E-state index in [-0.39, 0.29) is 51.8 Å². The van der Waals surface area contributed by atoms with Crippen LogP contribution in [0.3, 0.4) is 0 Å². The van der Waals surface area contributed by atoms with E-state index in [4.69, 9.17) is 0 Å². The zero-order valence-electron chi connectivity index (χ0n) is 24.6. The van der Waals surface area contributed by atoms with Crippen molar-refractivity contribution in [3.05, 3.63) is 11.6 Å². The van der Waals surface area contributed by atoms with Crippen molar-refractivity contribution < 1.29 is 30.3 Å². The maximum absolute atomic E-state index is 14.7. The number of aliphatic hydroxyl groups is 5. The van der Waals surface area contributed by atoms with Gasteiger partial charge in [0.25, 0.3) is 0 Å². The Morgan fingerprint density at radius 2 is 1.62 bits per heavy atom. The summed E-state index contributed by atoms with van der Waals surface area (Å²) in [6.07, 6.45) is 9.71. The number of fused-ring (bicyclic) bond motifs is 3. The van der Waals surface area contributed by atoms with Gasteiger partial charge in [0.05, 0.1) is 31.5 Å². The Balaban J connectivity index is 1.54. The summed E-state index contributed by atoms with van der Waals surface area (Å²) in [5.41, 5.74) is -1.11. The first-order valence-corrected chi connectivity index (χ1v) is 15.8. The number of hydrogen-bond acceptors (Lipinski definition) is 6. The summed E-state index contributed by atoms with van der Waals surface area (Å²) in [5.74, 6) is -0.0554. The first kappa shape index (κ1) is 28.3. The summed E-state index contributed by atoms with van der Waals surface area (Å²) < 4.78 is 0. The number of aliphatic hydroxyl groups excluding tert-OH is 5. The highest BCUT2D eigenvalue weighted by Crippen LogP contribution is 2.78. The van der Waals surface area contributed by atoms with Gasteiger partial charge in [-0.3, -0.25) is 4.79 Å². The van der Waals surface area contributed by atoms with Crippen LogP contribution in [0.4, 0.5) is 0 Å². The number of rotatable bonds is 3. The molecule has 0 aliphatic heterocycles. The van der Waals surface area contributed by atoms with Crippen molar-refractivity contribution in [1.29, 1.82) is 0 Å². The van der Waals surface area contributed by atoms with Crippen LogP contribution in [0.25, 0.3) is 0 Å². The minimum Gasteiger partial charge on any atom is -0.396 e. The molecule has 6 nitrogen and oxygen atoms in total. The van der Waals surface area contributed by atoms with E-state index in [0.29, 0.717) is 12.8 Å². The van der Waals surface area contributed by atoms with E-state index < -0.39 is 35.7 Å². The standard InChI is InChI=1S/C33H52O6/c1-28(2)13-14-32(19-35)21(16-28)20-15-22(36)27-31-9-5-6-10-33(27,29(20,3)17-25(32)38)12-7-23(31)30(4,26(39)18-34)24(37)8-11-31/h15,21,23-27,34-35,37-39H,5-14,16-19H2,1-4H3. The van der Waals surface area contributed by atoms with Crippen LogP contribution in [0.2, 0.25) is 0 Å². The molecule has 1 spiro atoms. The third-order valence-corrected chi connectivity index (χ3v) is 14.4. The Morgan fingerprint density at radius 1 is 0.897 bits per heavy atom. The summed E-state index contributed by atoms with van der Waals surface area (Å²) in [6.45, 7) is 8.41. The highest BCUT2D eigenvalue weighted by molar-refractivity contribution is 5.96. The Morgan fingerprint density at radius 3 is 2.31 bits per heavy atom. The molecule has 0 aromatic heterocycles. The van der Waals surface area contributed by atoms with E-state index >= 15 is 0 Å². The van der Waals surface area contributed by atoms with Crippen LogP contribution in [0.15, 0.2) is 11.6 Å². The number of ketones is 1. The summed E-state index contributed by atoms with van der Waals surface area (Å²) >= 11 is 0. The quantitative estimate of drug-likeness (QED) is 0.364. The largest absolute Gasteiger partial charge is 0.396 e. The van der Waals surface area contributed by atoms with Gasteiger partial charge in [-0.05, 0) is 104 Å². The fraction of sp³-hybridized carbons (Fsp3) is 0.909. The van der Waals surface area contributed by atoms with Gasteiger partial charge in [0.15, 0.2) is 5.78 Å². The zero-order chi connectivity index (χ0) is 28.2. The van der Waals surface area contributed by atoms with E-state index in [9.17, 15) is 30.3 Å². The van der Waals surface area contributed by atoms with Crippen LogP contribution in [-0.4, -0.2) is 62.8 Å². The smallest absolute Gasteiger partial charge is 0.159 e.